The quantitative estimate of drug-likeness (QED) is 0.513. The number of nitrogens with one attached hydrogen (secondary N) is 1. The Kier molecular flexibility index (Phi) is 4.74. The third-order valence-corrected chi connectivity index (χ3v) is 5.00. The van der Waals surface area contributed by atoms with E-state index in [0.29, 0.717) is 11.3 Å². The van der Waals surface area contributed by atoms with Crippen molar-refractivity contribution < 1.29 is 19.1 Å². The minimum atomic E-state index is -1.20. The molecule has 3 rings (SSSR count). The normalized spacial score (nSPS) is 19.2. The molecule has 2 aromatic rings. The Labute approximate surface area is 158 Å². The summed E-state index contributed by atoms with van der Waals surface area (Å²) in [6, 6.07) is 12.1. The molecule has 0 bridgehead atoms. The molecule has 0 aromatic heterocycles. The Hall–Kier alpha value is -3.15. The smallest absolute Gasteiger partial charge is 0.331 e. The highest BCUT2D eigenvalue weighted by Gasteiger charge is 2.49. The number of rotatable bonds is 4. The summed E-state index contributed by atoms with van der Waals surface area (Å²) in [6.07, 6.45) is 0. The number of ether oxygens (including phenoxy) is 1. The zero-order valence-corrected chi connectivity index (χ0v) is 15.8. The molecule has 1 unspecified atom stereocenters. The van der Waals surface area contributed by atoms with Gasteiger partial charge in [0.1, 0.15) is 17.8 Å². The number of esters is 1. The monoisotopic (exact) mass is 366 g/mol. The van der Waals surface area contributed by atoms with Crippen molar-refractivity contribution in [2.45, 2.75) is 33.2 Å². The lowest BCUT2D eigenvalue weighted by molar-refractivity contribution is -0.141. The number of nitrogens with zero attached hydrogens (tertiary/aromatic N) is 1. The summed E-state index contributed by atoms with van der Waals surface area (Å²) in [5, 5.41) is 2.68. The van der Waals surface area contributed by atoms with Gasteiger partial charge in [0.05, 0.1) is 0 Å². The number of imide groups is 1. The summed E-state index contributed by atoms with van der Waals surface area (Å²) in [4.78, 5) is 38.5. The lowest BCUT2D eigenvalue weighted by atomic mass is 9.92. The number of amides is 3. The topological polar surface area (TPSA) is 75.7 Å². The van der Waals surface area contributed by atoms with E-state index in [1.807, 2.05) is 39.0 Å². The predicted molar refractivity (Wildman–Crippen MR) is 100 cm³/mol. The Morgan fingerprint density at radius 1 is 1.04 bits per heavy atom. The molecule has 0 spiro atoms. The standard InChI is InChI=1S/C21H22N2O4/c1-13-10-11-14(2)18(15(13)3)27-17(24)12-23-19(25)21(4,22-20(23)26)16-8-6-5-7-9-16/h5-11H,12H2,1-4H3,(H,22,26). The molecule has 1 heterocycles. The second-order valence-corrected chi connectivity index (χ2v) is 6.94. The number of aryl methyl sites for hydroxylation is 2. The van der Waals surface area contributed by atoms with Gasteiger partial charge >= 0.3 is 12.0 Å². The van der Waals surface area contributed by atoms with Crippen LogP contribution in [0.4, 0.5) is 4.79 Å². The third-order valence-electron chi connectivity index (χ3n) is 5.00. The molecule has 2 aromatic carbocycles. The zero-order chi connectivity index (χ0) is 19.8. The molecule has 6 heteroatoms. The lowest BCUT2D eigenvalue weighted by Crippen LogP contribution is -2.42. The maximum atomic E-state index is 12.8. The van der Waals surface area contributed by atoms with Gasteiger partial charge in [0.2, 0.25) is 0 Å². The van der Waals surface area contributed by atoms with Gasteiger partial charge in [0.15, 0.2) is 0 Å². The van der Waals surface area contributed by atoms with E-state index in [-0.39, 0.29) is 0 Å². The van der Waals surface area contributed by atoms with Crippen molar-refractivity contribution >= 4 is 17.9 Å². The van der Waals surface area contributed by atoms with Crippen LogP contribution >= 0.6 is 0 Å². The van der Waals surface area contributed by atoms with Crippen LogP contribution < -0.4 is 10.1 Å². The van der Waals surface area contributed by atoms with E-state index in [9.17, 15) is 14.4 Å². The predicted octanol–water partition coefficient (Wildman–Crippen LogP) is 2.98. The van der Waals surface area contributed by atoms with Crippen molar-refractivity contribution in [3.63, 3.8) is 0 Å². The number of hydrogen-bond acceptors (Lipinski definition) is 4. The second kappa shape index (κ2) is 6.87. The van der Waals surface area contributed by atoms with Crippen LogP contribution in [0.25, 0.3) is 0 Å². The third kappa shape index (κ3) is 3.30. The van der Waals surface area contributed by atoms with Crippen LogP contribution in [0.1, 0.15) is 29.2 Å². The van der Waals surface area contributed by atoms with Crippen LogP contribution in [0.15, 0.2) is 42.5 Å². The maximum absolute atomic E-state index is 12.8. The van der Waals surface area contributed by atoms with Crippen molar-refractivity contribution in [2.75, 3.05) is 6.54 Å². The number of hydrogen-bond donors (Lipinski definition) is 1. The van der Waals surface area contributed by atoms with Crippen LogP contribution in [-0.2, 0) is 15.1 Å². The first-order valence-corrected chi connectivity index (χ1v) is 8.71. The molecule has 1 N–H and O–H groups in total. The summed E-state index contributed by atoms with van der Waals surface area (Å²) < 4.78 is 5.48. The van der Waals surface area contributed by atoms with Crippen molar-refractivity contribution in [3.05, 3.63) is 64.7 Å². The van der Waals surface area contributed by atoms with E-state index in [4.69, 9.17) is 4.74 Å². The molecular formula is C21H22N2O4. The van der Waals surface area contributed by atoms with Gasteiger partial charge in [-0.25, -0.2) is 9.59 Å². The molecule has 0 aliphatic carbocycles. The fourth-order valence-corrected chi connectivity index (χ4v) is 3.17. The minimum absolute atomic E-state index is 0.445. The van der Waals surface area contributed by atoms with Gasteiger partial charge in [-0.1, -0.05) is 42.5 Å². The lowest BCUT2D eigenvalue weighted by Gasteiger charge is -2.22. The summed E-state index contributed by atoms with van der Waals surface area (Å²) in [5.74, 6) is -0.668. The number of benzene rings is 2. The van der Waals surface area contributed by atoms with Gasteiger partial charge in [-0.3, -0.25) is 9.69 Å². The van der Waals surface area contributed by atoms with Gasteiger partial charge in [-0.05, 0) is 49.9 Å². The van der Waals surface area contributed by atoms with Gasteiger partial charge in [0.25, 0.3) is 5.91 Å². The second-order valence-electron chi connectivity index (χ2n) is 6.94. The van der Waals surface area contributed by atoms with Crippen molar-refractivity contribution in [1.29, 1.82) is 0 Å². The van der Waals surface area contributed by atoms with Crippen LogP contribution in [0, 0.1) is 20.8 Å². The van der Waals surface area contributed by atoms with E-state index in [2.05, 4.69) is 5.32 Å². The van der Waals surface area contributed by atoms with Crippen LogP contribution in [0.3, 0.4) is 0 Å². The molecule has 6 nitrogen and oxygen atoms in total. The Morgan fingerprint density at radius 3 is 2.33 bits per heavy atom. The maximum Gasteiger partial charge on any atom is 0.331 e. The highest BCUT2D eigenvalue weighted by molar-refractivity contribution is 6.08. The zero-order valence-electron chi connectivity index (χ0n) is 15.8. The molecule has 1 aliphatic heterocycles. The van der Waals surface area contributed by atoms with Crippen LogP contribution in [-0.4, -0.2) is 29.4 Å². The van der Waals surface area contributed by atoms with Gasteiger partial charge in [-0.15, -0.1) is 0 Å². The minimum Gasteiger partial charge on any atom is -0.425 e. The molecule has 3 amide bonds. The number of carbonyl (C=O) groups excluding carboxylic acids is 3. The van der Waals surface area contributed by atoms with Crippen LogP contribution in [0.2, 0.25) is 0 Å². The largest absolute Gasteiger partial charge is 0.425 e. The van der Waals surface area contributed by atoms with Gasteiger partial charge in [-0.2, -0.15) is 0 Å². The molecule has 1 saturated heterocycles. The van der Waals surface area contributed by atoms with E-state index >= 15 is 0 Å². The molecule has 140 valence electrons. The summed E-state index contributed by atoms with van der Waals surface area (Å²) in [5.41, 5.74) is 2.13. The number of urea groups is 1. The first-order chi connectivity index (χ1) is 12.7. The molecule has 1 aliphatic rings. The molecule has 1 fully saturated rings. The summed E-state index contributed by atoms with van der Waals surface area (Å²) >= 11 is 0. The molecule has 0 radical (unpaired) electrons. The van der Waals surface area contributed by atoms with Crippen molar-refractivity contribution in [1.82, 2.24) is 10.2 Å². The summed E-state index contributed by atoms with van der Waals surface area (Å²) in [7, 11) is 0. The van der Waals surface area contributed by atoms with Gasteiger partial charge < -0.3 is 10.1 Å². The Morgan fingerprint density at radius 2 is 1.67 bits per heavy atom. The highest BCUT2D eigenvalue weighted by atomic mass is 16.5. The molecular weight excluding hydrogens is 344 g/mol. The Bertz CT molecular complexity index is 923. The van der Waals surface area contributed by atoms with E-state index in [1.165, 1.54) is 0 Å². The fraction of sp³-hybridized carbons (Fsp3) is 0.286. The highest BCUT2D eigenvalue weighted by Crippen LogP contribution is 2.29. The first kappa shape index (κ1) is 18.6. The van der Waals surface area contributed by atoms with E-state index in [1.54, 1.807) is 31.2 Å². The van der Waals surface area contributed by atoms with Crippen molar-refractivity contribution in [2.24, 2.45) is 0 Å². The SMILES string of the molecule is Cc1ccc(C)c(OC(=O)CN2C(=O)NC(C)(c3ccccc3)C2=O)c1C. The van der Waals surface area contributed by atoms with E-state index in [0.717, 1.165) is 21.6 Å². The van der Waals surface area contributed by atoms with E-state index < -0.39 is 30.0 Å². The van der Waals surface area contributed by atoms with Gasteiger partial charge in [0, 0.05) is 0 Å². The average Bonchev–Trinajstić information content (AvgIpc) is 2.87. The average molecular weight is 366 g/mol. The Balaban J connectivity index is 1.78. The molecule has 0 saturated carbocycles. The van der Waals surface area contributed by atoms with Crippen LogP contribution in [0.5, 0.6) is 5.75 Å². The molecule has 27 heavy (non-hydrogen) atoms. The number of carbonyl (C=O) groups is 3. The molecule has 1 atom stereocenters. The van der Waals surface area contributed by atoms with Crippen molar-refractivity contribution in [3.8, 4) is 5.75 Å². The fourth-order valence-electron chi connectivity index (χ4n) is 3.17. The first-order valence-electron chi connectivity index (χ1n) is 8.71. The summed E-state index contributed by atoms with van der Waals surface area (Å²) in [6.45, 7) is 6.82.